The fourth-order valence-corrected chi connectivity index (χ4v) is 1.64. The number of aromatic nitrogens is 2. The predicted molar refractivity (Wildman–Crippen MR) is 58.2 cm³/mol. The molecule has 2 aromatic rings. The van der Waals surface area contributed by atoms with E-state index in [1.165, 1.54) is 0 Å². The summed E-state index contributed by atoms with van der Waals surface area (Å²) in [4.78, 5) is 14.3. The maximum Gasteiger partial charge on any atom is 0.377 e. The first-order valence-electron chi connectivity index (χ1n) is 4.46. The molecule has 16 heavy (non-hydrogen) atoms. The molecule has 0 aliphatic rings. The van der Waals surface area contributed by atoms with Crippen LogP contribution in [0.15, 0.2) is 33.3 Å². The number of carbonyl (C=O) groups is 1. The lowest BCUT2D eigenvalue weighted by atomic mass is 10.1. The molecule has 0 atom stereocenters. The van der Waals surface area contributed by atoms with Crippen molar-refractivity contribution in [2.45, 2.75) is 6.42 Å². The molecule has 1 N–H and O–H groups in total. The molecule has 0 spiro atoms. The lowest BCUT2D eigenvalue weighted by molar-refractivity contribution is 0.0680. The number of nitrogens with zero attached hydrogens (tertiary/aromatic N) is 2. The number of carboxylic acid groups (broad SMARTS) is 1. The summed E-state index contributed by atoms with van der Waals surface area (Å²) in [7, 11) is 0. The summed E-state index contributed by atoms with van der Waals surface area (Å²) in [6.07, 6.45) is 0.404. The minimum Gasteiger partial charge on any atom is -0.475 e. The van der Waals surface area contributed by atoms with Gasteiger partial charge in [-0.15, -0.1) is 0 Å². The van der Waals surface area contributed by atoms with Crippen molar-refractivity contribution in [1.82, 2.24) is 10.1 Å². The largest absolute Gasteiger partial charge is 0.475 e. The molecule has 0 radical (unpaired) electrons. The third kappa shape index (κ3) is 2.27. The fourth-order valence-electron chi connectivity index (χ4n) is 1.22. The zero-order valence-electron chi connectivity index (χ0n) is 8.05. The molecule has 2 rings (SSSR count). The average Bonchev–Trinajstić information content (AvgIpc) is 2.70. The van der Waals surface area contributed by atoms with E-state index in [0.29, 0.717) is 6.42 Å². The molecule has 6 heteroatoms. The van der Waals surface area contributed by atoms with E-state index >= 15 is 0 Å². The standard InChI is InChI=1S/C10H7BrN2O3/c11-7-4-2-1-3-6(7)5-8-12-9(10(14)15)13-16-8/h1-4H,5H2,(H,14,15). The van der Waals surface area contributed by atoms with Crippen LogP contribution in [0.4, 0.5) is 0 Å². The summed E-state index contributed by atoms with van der Waals surface area (Å²) in [5, 5.41) is 12.0. The Bertz CT molecular complexity index is 524. The molecule has 0 amide bonds. The van der Waals surface area contributed by atoms with Crippen molar-refractivity contribution in [1.29, 1.82) is 0 Å². The van der Waals surface area contributed by atoms with Gasteiger partial charge in [0.2, 0.25) is 5.89 Å². The zero-order valence-corrected chi connectivity index (χ0v) is 9.64. The number of aromatic carboxylic acids is 1. The molecule has 0 aliphatic carbocycles. The SMILES string of the molecule is O=C(O)c1noc(Cc2ccccc2Br)n1. The zero-order chi connectivity index (χ0) is 11.5. The Morgan fingerprint density at radius 3 is 2.81 bits per heavy atom. The second-order valence-corrected chi connectivity index (χ2v) is 3.94. The Kier molecular flexibility index (Phi) is 3.00. The lowest BCUT2D eigenvalue weighted by Gasteiger charge is -1.98. The van der Waals surface area contributed by atoms with Crippen LogP contribution in [0.25, 0.3) is 0 Å². The number of carboxylic acids is 1. The first-order valence-corrected chi connectivity index (χ1v) is 5.25. The van der Waals surface area contributed by atoms with Crippen molar-refractivity contribution in [2.24, 2.45) is 0 Å². The summed E-state index contributed by atoms with van der Waals surface area (Å²) in [6.45, 7) is 0. The number of halogens is 1. The molecule has 5 nitrogen and oxygen atoms in total. The van der Waals surface area contributed by atoms with E-state index < -0.39 is 5.97 Å². The number of benzene rings is 1. The minimum absolute atomic E-state index is 0.282. The summed E-state index contributed by atoms with van der Waals surface area (Å²) in [5.41, 5.74) is 0.961. The molecule has 1 heterocycles. The Labute approximate surface area is 99.2 Å². The van der Waals surface area contributed by atoms with Gasteiger partial charge in [-0.2, -0.15) is 4.98 Å². The van der Waals surface area contributed by atoms with E-state index in [1.807, 2.05) is 24.3 Å². The van der Waals surface area contributed by atoms with E-state index in [4.69, 9.17) is 9.63 Å². The van der Waals surface area contributed by atoms with Gasteiger partial charge in [-0.05, 0) is 16.8 Å². The van der Waals surface area contributed by atoms with E-state index in [9.17, 15) is 4.79 Å². The van der Waals surface area contributed by atoms with Gasteiger partial charge in [-0.3, -0.25) is 0 Å². The Morgan fingerprint density at radius 2 is 2.19 bits per heavy atom. The molecule has 82 valence electrons. The van der Waals surface area contributed by atoms with Crippen LogP contribution < -0.4 is 0 Å². The third-order valence-electron chi connectivity index (χ3n) is 1.96. The van der Waals surface area contributed by atoms with Crippen LogP contribution in [0.3, 0.4) is 0 Å². The van der Waals surface area contributed by atoms with Crippen LogP contribution in [-0.2, 0) is 6.42 Å². The van der Waals surface area contributed by atoms with Crippen LogP contribution in [0.1, 0.15) is 22.1 Å². The van der Waals surface area contributed by atoms with Crippen molar-refractivity contribution in [3.05, 3.63) is 46.0 Å². The molecule has 0 aliphatic heterocycles. The quantitative estimate of drug-likeness (QED) is 0.933. The smallest absolute Gasteiger partial charge is 0.377 e. The van der Waals surface area contributed by atoms with Gasteiger partial charge in [-0.25, -0.2) is 4.79 Å². The van der Waals surface area contributed by atoms with Gasteiger partial charge < -0.3 is 9.63 Å². The van der Waals surface area contributed by atoms with Crippen LogP contribution in [-0.4, -0.2) is 21.2 Å². The van der Waals surface area contributed by atoms with E-state index in [2.05, 4.69) is 26.1 Å². The highest BCUT2D eigenvalue weighted by Crippen LogP contribution is 2.18. The van der Waals surface area contributed by atoms with E-state index in [0.717, 1.165) is 10.0 Å². The molecule has 1 aromatic heterocycles. The molecule has 0 bridgehead atoms. The van der Waals surface area contributed by atoms with Crippen LogP contribution in [0.2, 0.25) is 0 Å². The Balaban J connectivity index is 2.21. The molecular formula is C10H7BrN2O3. The van der Waals surface area contributed by atoms with Gasteiger partial charge in [-0.1, -0.05) is 34.1 Å². The number of hydrogen-bond donors (Lipinski definition) is 1. The van der Waals surface area contributed by atoms with Gasteiger partial charge in [0.1, 0.15) is 0 Å². The third-order valence-corrected chi connectivity index (χ3v) is 2.73. The van der Waals surface area contributed by atoms with Gasteiger partial charge in [0.15, 0.2) is 0 Å². The Morgan fingerprint density at radius 1 is 1.44 bits per heavy atom. The van der Waals surface area contributed by atoms with Crippen molar-refractivity contribution < 1.29 is 14.4 Å². The second kappa shape index (κ2) is 4.44. The first kappa shape index (κ1) is 10.8. The lowest BCUT2D eigenvalue weighted by Crippen LogP contribution is -1.99. The topological polar surface area (TPSA) is 76.2 Å². The van der Waals surface area contributed by atoms with Crippen LogP contribution in [0, 0.1) is 0 Å². The molecule has 0 unspecified atom stereocenters. The van der Waals surface area contributed by atoms with Gasteiger partial charge in [0, 0.05) is 4.47 Å². The van der Waals surface area contributed by atoms with Crippen molar-refractivity contribution in [3.8, 4) is 0 Å². The van der Waals surface area contributed by atoms with Crippen molar-refractivity contribution in [2.75, 3.05) is 0 Å². The summed E-state index contributed by atoms with van der Waals surface area (Å²) >= 11 is 3.38. The predicted octanol–water partition coefficient (Wildman–Crippen LogP) is 2.12. The van der Waals surface area contributed by atoms with Crippen molar-refractivity contribution in [3.63, 3.8) is 0 Å². The average molecular weight is 283 g/mol. The first-order chi connectivity index (χ1) is 7.66. The van der Waals surface area contributed by atoms with Gasteiger partial charge >= 0.3 is 5.97 Å². The molecule has 0 saturated carbocycles. The van der Waals surface area contributed by atoms with Gasteiger partial charge in [0.05, 0.1) is 6.42 Å². The highest BCUT2D eigenvalue weighted by molar-refractivity contribution is 9.10. The van der Waals surface area contributed by atoms with E-state index in [1.54, 1.807) is 0 Å². The molecule has 0 fully saturated rings. The maximum absolute atomic E-state index is 10.5. The highest BCUT2D eigenvalue weighted by atomic mass is 79.9. The molecule has 0 saturated heterocycles. The maximum atomic E-state index is 10.5. The Hall–Kier alpha value is -1.69. The van der Waals surface area contributed by atoms with E-state index in [-0.39, 0.29) is 11.7 Å². The fraction of sp³-hybridized carbons (Fsp3) is 0.100. The molecule has 1 aromatic carbocycles. The number of rotatable bonds is 3. The highest BCUT2D eigenvalue weighted by Gasteiger charge is 2.13. The number of hydrogen-bond acceptors (Lipinski definition) is 4. The van der Waals surface area contributed by atoms with Crippen LogP contribution in [0.5, 0.6) is 0 Å². The van der Waals surface area contributed by atoms with Gasteiger partial charge in [0.25, 0.3) is 5.82 Å². The summed E-state index contributed by atoms with van der Waals surface area (Å²) in [6, 6.07) is 7.57. The second-order valence-electron chi connectivity index (χ2n) is 3.09. The minimum atomic E-state index is -1.19. The molecular weight excluding hydrogens is 276 g/mol. The van der Waals surface area contributed by atoms with Crippen molar-refractivity contribution >= 4 is 21.9 Å². The monoisotopic (exact) mass is 282 g/mol. The normalized spacial score (nSPS) is 10.3. The summed E-state index contributed by atoms with van der Waals surface area (Å²) < 4.78 is 5.74. The summed E-state index contributed by atoms with van der Waals surface area (Å²) in [5.74, 6) is -1.23. The van der Waals surface area contributed by atoms with Crippen LogP contribution >= 0.6 is 15.9 Å².